The van der Waals surface area contributed by atoms with E-state index in [1.165, 1.54) is 0 Å². The number of thioether (sulfide) groups is 2. The molecule has 2 aliphatic carbocycles. The highest BCUT2D eigenvalue weighted by Crippen LogP contribution is 2.42. The van der Waals surface area contributed by atoms with Crippen LogP contribution in [0.1, 0.15) is 12.8 Å². The third-order valence-electron chi connectivity index (χ3n) is 17.3. The van der Waals surface area contributed by atoms with E-state index < -0.39 is 278 Å². The molecule has 0 spiro atoms. The summed E-state index contributed by atoms with van der Waals surface area (Å²) < 4.78 is 71.1. The molecular weight excluding hydrogens is 1250 g/mol. The van der Waals surface area contributed by atoms with E-state index in [-0.39, 0.29) is 29.4 Å². The van der Waals surface area contributed by atoms with Gasteiger partial charge in [-0.15, -0.1) is 0 Å². The zero-order chi connectivity index (χ0) is 65.2. The van der Waals surface area contributed by atoms with Gasteiger partial charge in [0.2, 0.25) is 0 Å². The van der Waals surface area contributed by atoms with E-state index in [4.69, 9.17) is 68.3 Å². The average molecular weight is 1340 g/mol. The van der Waals surface area contributed by atoms with Gasteiger partial charge < -0.3 is 176 Å². The molecule has 21 fully saturated rings. The first-order valence-corrected chi connectivity index (χ1v) is 31.1. The van der Waals surface area contributed by atoms with Crippen LogP contribution in [0.15, 0.2) is 0 Å². The monoisotopic (exact) mass is 1340 g/mol. The first-order chi connectivity index (χ1) is 42.2. The third-order valence-corrected chi connectivity index (χ3v) is 19.7. The molecule has 0 aromatic carbocycles. The highest BCUT2D eigenvalue weighted by Gasteiger charge is 2.59. The van der Waals surface area contributed by atoms with Gasteiger partial charge in [0, 0.05) is 29.8 Å². The predicted molar refractivity (Wildman–Crippen MR) is 287 cm³/mol. The van der Waals surface area contributed by atoms with Gasteiger partial charge in [-0.05, 0) is 24.5 Å². The van der Waals surface area contributed by atoms with Crippen LogP contribution in [0.4, 0.5) is 0 Å². The lowest BCUT2D eigenvalue weighted by Gasteiger charge is -2.50. The number of hydrogen-bond donors (Lipinski definition) is 23. The second kappa shape index (κ2) is 31.9. The Labute approximate surface area is 514 Å². The Bertz CT molecular complexity index is 2200. The fourth-order valence-corrected chi connectivity index (χ4v) is 14.4. The Hall–Kier alpha value is -1.68. The van der Waals surface area contributed by atoms with Gasteiger partial charge in [0.15, 0.2) is 31.5 Å². The largest absolute Gasteiger partial charge is 0.480 e. The molecule has 14 bridgehead atoms. The maximum absolute atomic E-state index is 11.8. The number of aliphatic carboxylic acids is 2. The topological polar surface area (TPSA) is 622 Å². The van der Waals surface area contributed by atoms with Gasteiger partial charge in [-0.1, -0.05) is 0 Å². The van der Waals surface area contributed by atoms with Crippen LogP contribution in [0.5, 0.6) is 0 Å². The van der Waals surface area contributed by atoms with E-state index in [0.717, 1.165) is 23.5 Å². The van der Waals surface area contributed by atoms with Gasteiger partial charge in [0.25, 0.3) is 0 Å². The Morgan fingerprint density at radius 3 is 0.899 bits per heavy atom. The molecule has 25 N–H and O–H groups in total. The summed E-state index contributed by atoms with van der Waals surface area (Å²) in [6.45, 7) is -5.00. The summed E-state index contributed by atoms with van der Waals surface area (Å²) in [5, 5.41) is 234. The van der Waals surface area contributed by atoms with E-state index >= 15 is 0 Å². The molecule has 21 aliphatic rings. The van der Waals surface area contributed by atoms with Gasteiger partial charge in [0.05, 0.1) is 56.9 Å². The van der Waals surface area contributed by atoms with Crippen LogP contribution in [-0.2, 0) is 66.4 Å². The van der Waals surface area contributed by atoms with Gasteiger partial charge in [-0.25, -0.2) is 0 Å². The molecule has 0 amide bonds. The van der Waals surface area contributed by atoms with Crippen molar-refractivity contribution in [3.63, 3.8) is 0 Å². The molecule has 19 heterocycles. The Morgan fingerprint density at radius 2 is 0.584 bits per heavy atom. The SMILES string of the molecule is N[C@H](CSCC1C[C@@H]2O[C@@H]3C(CO)O[C@@H](O[C@@H]4C(CO)O[C@@H](O[C@@H]5C(CSC[C@@H](N)C(=O)O)O[C@@H](O[C@@H]6C(CO)C[C@H](O[C@@H]7C(CO)O[C@H](O[C@@H]8C(CO)O[C@H](O[C@H]1[C@H](O)C2O)C(O)[C@H]8O)C(O)[C@H]7O)C(O)[C@H]6O)C(O)[C@H]5O)C(O)[C@H]4O)C(O)[C@H]3O)C(=O)O. The molecule has 89 heavy (non-hydrogen) atoms. The fourth-order valence-electron chi connectivity index (χ4n) is 12.2. The summed E-state index contributed by atoms with van der Waals surface area (Å²) in [6.07, 6.45) is -65.0. The van der Waals surface area contributed by atoms with Crippen LogP contribution in [0, 0.1) is 11.8 Å². The van der Waals surface area contributed by atoms with Crippen LogP contribution in [-0.4, -0.2) is 390 Å². The Morgan fingerprint density at radius 1 is 0.326 bits per heavy atom. The molecule has 21 rings (SSSR count). The standard InChI is InChI=1S/C50H84N2O35S2/c51-14(44(72)73)9-88-8-13-2-17-24(59)26(61)38(13)84-46-34(69)29(64)41(20(6-56)80-46)85-47-32(67)27(62)39(18(4-54)78-47)76-16-1-12(3-53)37(25(60)23(16)58)83-50-36(71)31(66)43(22(82-50)11-89-10-15(52)45(74)75)87-49-35(70)30(65)42(21(7-57)81-49)86-48-33(68)28(63)40(77-17)19(5-55)79-48/h12-43,46-50,53-71H,1-11,51-52H2,(H,72,73)(H,74,75)/t12?,13?,14-,15-,16+,17+,18?,19?,20?,21?,22?,23?,24?,25-,26-,27-,28-,29-,30-,31-,32?,33?,34?,35?,36?,37-,38-,39-,40-,41-,42-,43-,46-,47-,48+,49+,50+/m1/s1. The number of ether oxygens (including phenoxy) is 12. The molecule has 2 saturated carbocycles. The van der Waals surface area contributed by atoms with Gasteiger partial charge in [-0.2, -0.15) is 23.5 Å². The number of carboxylic acid groups (broad SMARTS) is 2. The second-order valence-corrected chi connectivity index (χ2v) is 25.4. The van der Waals surface area contributed by atoms with Crippen LogP contribution in [0.2, 0.25) is 0 Å². The van der Waals surface area contributed by atoms with Crippen LogP contribution in [0.3, 0.4) is 0 Å². The molecule has 0 aromatic rings. The number of rotatable bonds is 15. The minimum Gasteiger partial charge on any atom is -0.480 e. The number of nitrogens with two attached hydrogens (primary N) is 2. The summed E-state index contributed by atoms with van der Waals surface area (Å²) in [7, 11) is 0. The van der Waals surface area contributed by atoms with E-state index in [1.54, 1.807) is 0 Å². The minimum atomic E-state index is -2.23. The predicted octanol–water partition coefficient (Wildman–Crippen LogP) is -13.6. The normalized spacial score (nSPS) is 50.1. The Balaban J connectivity index is 1.11. The summed E-state index contributed by atoms with van der Waals surface area (Å²) in [4.78, 5) is 23.3. The van der Waals surface area contributed by atoms with E-state index in [9.17, 15) is 117 Å². The van der Waals surface area contributed by atoms with Crippen molar-refractivity contribution >= 4 is 35.5 Å². The third kappa shape index (κ3) is 15.9. The lowest BCUT2D eigenvalue weighted by Crippen LogP contribution is -2.67. The number of hydrogen-bond acceptors (Lipinski definition) is 37. The van der Waals surface area contributed by atoms with Crippen molar-refractivity contribution in [3.05, 3.63) is 0 Å². The summed E-state index contributed by atoms with van der Waals surface area (Å²) in [5.74, 6) is -6.16. The molecule has 516 valence electrons. The van der Waals surface area contributed by atoms with Crippen molar-refractivity contribution in [2.75, 3.05) is 56.0 Å². The highest BCUT2D eigenvalue weighted by atomic mass is 32.2. The molecule has 37 nitrogen and oxygen atoms in total. The molecule has 0 aromatic heterocycles. The van der Waals surface area contributed by atoms with Crippen molar-refractivity contribution in [2.45, 2.75) is 227 Å². The smallest absolute Gasteiger partial charge is 0.321 e. The molecule has 19 aliphatic heterocycles. The number of carboxylic acids is 2. The van der Waals surface area contributed by atoms with E-state index in [2.05, 4.69) is 0 Å². The summed E-state index contributed by atoms with van der Waals surface area (Å²) >= 11 is 1.76. The molecule has 19 saturated heterocycles. The van der Waals surface area contributed by atoms with Crippen molar-refractivity contribution in [1.29, 1.82) is 0 Å². The van der Waals surface area contributed by atoms with Gasteiger partial charge >= 0.3 is 11.9 Å². The van der Waals surface area contributed by atoms with Gasteiger partial charge in [-0.3, -0.25) is 9.59 Å². The lowest BCUT2D eigenvalue weighted by atomic mass is 9.80. The second-order valence-electron chi connectivity index (χ2n) is 23.2. The van der Waals surface area contributed by atoms with Gasteiger partial charge in [0.1, 0.15) is 152 Å². The van der Waals surface area contributed by atoms with Crippen molar-refractivity contribution in [1.82, 2.24) is 0 Å². The maximum Gasteiger partial charge on any atom is 0.321 e. The molecule has 37 atom stereocenters. The van der Waals surface area contributed by atoms with Crippen molar-refractivity contribution in [3.8, 4) is 0 Å². The average Bonchev–Trinajstić information content (AvgIpc) is 0.983. The van der Waals surface area contributed by atoms with Crippen molar-refractivity contribution in [2.24, 2.45) is 23.3 Å². The van der Waals surface area contributed by atoms with Crippen LogP contribution >= 0.6 is 23.5 Å². The minimum absolute atomic E-state index is 0.162. The first-order valence-electron chi connectivity index (χ1n) is 28.7. The quantitative estimate of drug-likeness (QED) is 0.0724. The maximum atomic E-state index is 11.8. The molecule has 39 heteroatoms. The van der Waals surface area contributed by atoms with E-state index in [1.807, 2.05) is 0 Å². The number of aliphatic hydroxyl groups is 19. The molecular formula is C50H84N2O35S2. The summed E-state index contributed by atoms with van der Waals surface area (Å²) in [5.41, 5.74) is 11.5. The highest BCUT2D eigenvalue weighted by molar-refractivity contribution is 7.99. The first kappa shape index (κ1) is 73.1. The summed E-state index contributed by atoms with van der Waals surface area (Å²) in [6, 6.07) is -2.85. The van der Waals surface area contributed by atoms with E-state index in [0.29, 0.717) is 0 Å². The molecule has 0 radical (unpaired) electrons. The number of aliphatic hydroxyl groups excluding tert-OH is 19. The number of carbonyl (C=O) groups is 2. The van der Waals surface area contributed by atoms with Crippen LogP contribution < -0.4 is 11.5 Å². The lowest BCUT2D eigenvalue weighted by molar-refractivity contribution is -0.383. The fraction of sp³-hybridized carbons (Fsp3) is 0.960. The van der Waals surface area contributed by atoms with Crippen molar-refractivity contribution < 1.29 is 174 Å². The van der Waals surface area contributed by atoms with Crippen LogP contribution in [0.25, 0.3) is 0 Å². The zero-order valence-electron chi connectivity index (χ0n) is 47.2. The zero-order valence-corrected chi connectivity index (χ0v) is 48.9. The Kier molecular flexibility index (Phi) is 26.2. The molecule has 14 unspecified atom stereocenters.